The van der Waals surface area contributed by atoms with E-state index in [9.17, 15) is 22.8 Å². The fraction of sp³-hybridized carbons (Fsp3) is 0.150. The molecular formula is C20H15F3N2O2S. The van der Waals surface area contributed by atoms with Crippen molar-refractivity contribution in [2.24, 2.45) is 0 Å². The van der Waals surface area contributed by atoms with E-state index in [4.69, 9.17) is 0 Å². The van der Waals surface area contributed by atoms with E-state index >= 15 is 0 Å². The van der Waals surface area contributed by atoms with Crippen molar-refractivity contribution in [3.8, 4) is 0 Å². The summed E-state index contributed by atoms with van der Waals surface area (Å²) in [5.74, 6) is 3.46. The number of nitrogens with zero attached hydrogens (tertiary/aromatic N) is 1. The van der Waals surface area contributed by atoms with Gasteiger partial charge in [0.05, 0.1) is 5.56 Å². The molecule has 28 heavy (non-hydrogen) atoms. The van der Waals surface area contributed by atoms with Gasteiger partial charge in [0, 0.05) is 29.2 Å². The number of aromatic nitrogens is 1. The Morgan fingerprint density at radius 3 is 2.36 bits per heavy atom. The Morgan fingerprint density at radius 2 is 1.75 bits per heavy atom. The normalized spacial score (nSPS) is 20.0. The number of carbonyl (C=O) groups excluding carboxylic acids is 2. The first kappa shape index (κ1) is 18.5. The average molecular weight is 404 g/mol. The molecule has 4 nitrogen and oxygen atoms in total. The van der Waals surface area contributed by atoms with Gasteiger partial charge in [-0.3, -0.25) is 14.9 Å². The van der Waals surface area contributed by atoms with E-state index in [1.165, 1.54) is 12.1 Å². The van der Waals surface area contributed by atoms with Gasteiger partial charge in [0.2, 0.25) is 5.91 Å². The number of benzene rings is 2. The first-order chi connectivity index (χ1) is 13.3. The molecule has 0 aliphatic carbocycles. The zero-order valence-corrected chi connectivity index (χ0v) is 15.3. The molecule has 3 aromatic rings. The highest BCUT2D eigenvalue weighted by Crippen LogP contribution is 2.42. The molecule has 0 bridgehead atoms. The fourth-order valence-corrected chi connectivity index (χ4v) is 4.63. The van der Waals surface area contributed by atoms with Crippen molar-refractivity contribution >= 4 is 38.4 Å². The number of hydrogen-bond donors (Lipinski definition) is 1. The van der Waals surface area contributed by atoms with Crippen molar-refractivity contribution < 1.29 is 22.8 Å². The van der Waals surface area contributed by atoms with E-state index in [1.807, 2.05) is 28.8 Å². The first-order valence-electron chi connectivity index (χ1n) is 8.37. The summed E-state index contributed by atoms with van der Waals surface area (Å²) in [6, 6.07) is 12.4. The van der Waals surface area contributed by atoms with E-state index in [2.05, 4.69) is 11.2 Å². The van der Waals surface area contributed by atoms with Crippen LogP contribution < -0.4 is 5.32 Å². The molecule has 0 radical (unpaired) electrons. The number of hydrogen-bond acceptors (Lipinski definition) is 2. The van der Waals surface area contributed by atoms with Crippen LogP contribution in [0.4, 0.5) is 18.0 Å². The minimum absolute atomic E-state index is 0.339. The molecular weight excluding hydrogens is 389 g/mol. The number of carbonyl (C=O) groups is 2. The molecule has 0 spiro atoms. The van der Waals surface area contributed by atoms with Crippen LogP contribution in [0.2, 0.25) is 0 Å². The summed E-state index contributed by atoms with van der Waals surface area (Å²) in [5.41, 5.74) is 1.53. The standard InChI is InChI=1S/C20H15F3N2O2S/c1-28-17(18(26)24-19(28)27)15-11-25(16-5-3-2-4-14(15)16)10-12-6-8-13(9-7-12)20(21,22)23/h2-9,11,17H,1,10H2,(H,24,26,27). The van der Waals surface area contributed by atoms with Gasteiger partial charge in [-0.05, 0) is 23.8 Å². The summed E-state index contributed by atoms with van der Waals surface area (Å²) in [6.45, 7) is 0.339. The lowest BCUT2D eigenvalue weighted by atomic mass is 10.1. The van der Waals surface area contributed by atoms with Gasteiger partial charge in [0.1, 0.15) is 5.25 Å². The van der Waals surface area contributed by atoms with Gasteiger partial charge in [-0.25, -0.2) is 0 Å². The number of rotatable bonds is 3. The molecule has 2 aromatic carbocycles. The van der Waals surface area contributed by atoms with Crippen molar-refractivity contribution in [1.29, 1.82) is 0 Å². The maximum absolute atomic E-state index is 12.8. The second-order valence-corrected chi connectivity index (χ2v) is 8.21. The van der Waals surface area contributed by atoms with Crippen LogP contribution in [0.15, 0.2) is 54.7 Å². The van der Waals surface area contributed by atoms with Crippen LogP contribution in [0, 0.1) is 0 Å². The van der Waals surface area contributed by atoms with E-state index in [0.717, 1.165) is 23.0 Å². The second kappa shape index (κ2) is 6.63. The summed E-state index contributed by atoms with van der Waals surface area (Å²) in [7, 11) is -1.03. The molecule has 1 saturated heterocycles. The summed E-state index contributed by atoms with van der Waals surface area (Å²) in [4.78, 5) is 24.1. The van der Waals surface area contributed by atoms with Crippen molar-refractivity contribution in [2.45, 2.75) is 18.0 Å². The number of fused-ring (bicyclic) bond motifs is 1. The third kappa shape index (κ3) is 3.13. The smallest absolute Gasteiger partial charge is 0.343 e. The minimum atomic E-state index is -4.38. The third-order valence-corrected chi connectivity index (χ3v) is 6.34. The predicted molar refractivity (Wildman–Crippen MR) is 103 cm³/mol. The minimum Gasteiger partial charge on any atom is -0.343 e. The molecule has 1 aliphatic heterocycles. The van der Waals surface area contributed by atoms with E-state index in [1.54, 1.807) is 6.20 Å². The molecule has 1 aliphatic rings. The Kier molecular flexibility index (Phi) is 4.38. The van der Waals surface area contributed by atoms with Crippen LogP contribution in [0.1, 0.15) is 21.9 Å². The molecule has 1 aromatic heterocycles. The lowest BCUT2D eigenvalue weighted by Gasteiger charge is -2.09. The Morgan fingerprint density at radius 1 is 1.07 bits per heavy atom. The van der Waals surface area contributed by atoms with E-state index < -0.39 is 27.5 Å². The summed E-state index contributed by atoms with van der Waals surface area (Å²) in [5, 5.41) is 2.10. The molecule has 2 atom stereocenters. The second-order valence-electron chi connectivity index (χ2n) is 6.51. The number of amides is 2. The van der Waals surface area contributed by atoms with Gasteiger partial charge in [-0.1, -0.05) is 46.7 Å². The van der Waals surface area contributed by atoms with E-state index in [-0.39, 0.29) is 11.1 Å². The maximum Gasteiger partial charge on any atom is 0.416 e. The SMILES string of the molecule is C=S1C(=O)NC(=O)C1c1cn(Cc2ccc(C(F)(F)F)cc2)c2ccccc12. The van der Waals surface area contributed by atoms with Crippen molar-refractivity contribution in [2.75, 3.05) is 0 Å². The topological polar surface area (TPSA) is 51.1 Å². The Bertz CT molecular complexity index is 1120. The molecule has 1 fully saturated rings. The van der Waals surface area contributed by atoms with Crippen LogP contribution in [-0.4, -0.2) is 21.6 Å². The van der Waals surface area contributed by atoms with E-state index in [0.29, 0.717) is 17.7 Å². The Labute approximate surface area is 160 Å². The lowest BCUT2D eigenvalue weighted by Crippen LogP contribution is -2.20. The largest absolute Gasteiger partial charge is 0.416 e. The lowest BCUT2D eigenvalue weighted by molar-refractivity contribution is -0.137. The molecule has 144 valence electrons. The summed E-state index contributed by atoms with van der Waals surface area (Å²) >= 11 is 0. The third-order valence-electron chi connectivity index (χ3n) is 4.72. The van der Waals surface area contributed by atoms with Crippen LogP contribution in [-0.2, 0) is 17.5 Å². The van der Waals surface area contributed by atoms with Crippen molar-refractivity contribution in [3.05, 3.63) is 71.4 Å². The summed E-state index contributed by atoms with van der Waals surface area (Å²) in [6.07, 6.45) is -2.59. The highest BCUT2D eigenvalue weighted by molar-refractivity contribution is 8.28. The Balaban J connectivity index is 1.74. The summed E-state index contributed by atoms with van der Waals surface area (Å²) < 4.78 is 40.2. The van der Waals surface area contributed by atoms with Gasteiger partial charge >= 0.3 is 6.18 Å². The van der Waals surface area contributed by atoms with Gasteiger partial charge < -0.3 is 4.57 Å². The number of alkyl halides is 3. The Hall–Kier alpha value is -2.87. The maximum atomic E-state index is 12.8. The predicted octanol–water partition coefficient (Wildman–Crippen LogP) is 4.70. The zero-order chi connectivity index (χ0) is 20.1. The molecule has 4 rings (SSSR count). The number of nitrogens with one attached hydrogen (secondary N) is 1. The molecule has 1 N–H and O–H groups in total. The molecule has 8 heteroatoms. The van der Waals surface area contributed by atoms with Crippen molar-refractivity contribution in [3.63, 3.8) is 0 Å². The number of halogens is 3. The quantitative estimate of drug-likeness (QED) is 0.644. The van der Waals surface area contributed by atoms with Gasteiger partial charge in [0.25, 0.3) is 5.24 Å². The van der Waals surface area contributed by atoms with Crippen LogP contribution in [0.3, 0.4) is 0 Å². The van der Waals surface area contributed by atoms with Gasteiger partial charge in [0.15, 0.2) is 0 Å². The van der Waals surface area contributed by atoms with Crippen LogP contribution in [0.5, 0.6) is 0 Å². The van der Waals surface area contributed by atoms with Crippen LogP contribution >= 0.6 is 10.5 Å². The van der Waals surface area contributed by atoms with Crippen LogP contribution in [0.25, 0.3) is 10.9 Å². The highest BCUT2D eigenvalue weighted by Gasteiger charge is 2.37. The number of para-hydroxylation sites is 1. The van der Waals surface area contributed by atoms with Crippen molar-refractivity contribution in [1.82, 2.24) is 9.88 Å². The molecule has 2 unspecified atom stereocenters. The highest BCUT2D eigenvalue weighted by atomic mass is 32.2. The number of imide groups is 1. The van der Waals surface area contributed by atoms with Gasteiger partial charge in [-0.2, -0.15) is 13.2 Å². The zero-order valence-electron chi connectivity index (χ0n) is 14.5. The molecule has 2 amide bonds. The van der Waals surface area contributed by atoms with Gasteiger partial charge in [-0.15, -0.1) is 0 Å². The fourth-order valence-electron chi connectivity index (χ4n) is 3.37. The average Bonchev–Trinajstić information content (AvgIpc) is 3.12. The molecule has 2 heterocycles. The monoisotopic (exact) mass is 404 g/mol. The molecule has 0 saturated carbocycles. The first-order valence-corrected chi connectivity index (χ1v) is 9.83.